The highest BCUT2D eigenvalue weighted by molar-refractivity contribution is 8.00. The van der Waals surface area contributed by atoms with Crippen LogP contribution in [0.1, 0.15) is 25.0 Å². The summed E-state index contributed by atoms with van der Waals surface area (Å²) in [5, 5.41) is 5.51. The van der Waals surface area contributed by atoms with Crippen LogP contribution in [0.3, 0.4) is 0 Å². The first-order chi connectivity index (χ1) is 21.1. The lowest BCUT2D eigenvalue weighted by atomic mass is 9.73. The largest absolute Gasteiger partial charge is 0.458 e. The van der Waals surface area contributed by atoms with E-state index >= 15 is 0 Å². The van der Waals surface area contributed by atoms with Crippen LogP contribution in [-0.4, -0.2) is 8.07 Å². The Morgan fingerprint density at radius 3 is 1.70 bits per heavy atom. The molecule has 2 nitrogen and oxygen atoms in total. The summed E-state index contributed by atoms with van der Waals surface area (Å²) in [5.41, 5.74) is 6.29. The van der Waals surface area contributed by atoms with Crippen LogP contribution in [0, 0.1) is 0 Å². The molecule has 3 aliphatic rings. The van der Waals surface area contributed by atoms with Gasteiger partial charge in [0.1, 0.15) is 11.5 Å². The van der Waals surface area contributed by atoms with Crippen molar-refractivity contribution in [1.29, 1.82) is 0 Å². The molecule has 0 unspecified atom stereocenters. The van der Waals surface area contributed by atoms with Gasteiger partial charge in [-0.1, -0.05) is 117 Å². The second-order valence-electron chi connectivity index (χ2n) is 12.1. The first-order valence-electron chi connectivity index (χ1n) is 14.9. The number of ether oxygens (including phenoxy) is 1. The monoisotopic (exact) mass is 587 g/mol. The van der Waals surface area contributed by atoms with Gasteiger partial charge in [-0.05, 0) is 80.4 Å². The molecule has 0 saturated heterocycles. The molecule has 0 N–H and O–H groups in total. The van der Waals surface area contributed by atoms with Gasteiger partial charge in [-0.3, -0.25) is 0 Å². The molecular weight excluding hydrogens is 559 g/mol. The summed E-state index contributed by atoms with van der Waals surface area (Å²) < 4.78 is 6.61. The summed E-state index contributed by atoms with van der Waals surface area (Å²) >= 11 is 1.90. The van der Waals surface area contributed by atoms with Gasteiger partial charge in [0.05, 0.1) is 11.4 Å². The minimum atomic E-state index is -2.73. The molecule has 3 aliphatic heterocycles. The maximum Gasteiger partial charge on any atom is 0.190 e. The summed E-state index contributed by atoms with van der Waals surface area (Å²) in [7, 11) is -2.73. The van der Waals surface area contributed by atoms with Crippen molar-refractivity contribution in [3.63, 3.8) is 0 Å². The van der Waals surface area contributed by atoms with E-state index in [9.17, 15) is 0 Å². The lowest BCUT2D eigenvalue weighted by molar-refractivity contribution is 0.487. The Morgan fingerprint density at radius 1 is 0.535 bits per heavy atom. The smallest absolute Gasteiger partial charge is 0.190 e. The quantitative estimate of drug-likeness (QED) is 0.182. The molecule has 43 heavy (non-hydrogen) atoms. The molecule has 0 radical (unpaired) electrons. The summed E-state index contributed by atoms with van der Waals surface area (Å²) in [5.74, 6) is 1.95. The third-order valence-electron chi connectivity index (χ3n) is 9.57. The highest BCUT2D eigenvalue weighted by Gasteiger charge is 2.52. The second-order valence-corrected chi connectivity index (χ2v) is 16.9. The Bertz CT molecular complexity index is 1950. The minimum Gasteiger partial charge on any atom is -0.458 e. The van der Waals surface area contributed by atoms with E-state index in [2.05, 4.69) is 158 Å². The van der Waals surface area contributed by atoms with E-state index in [0.717, 1.165) is 11.5 Å². The van der Waals surface area contributed by atoms with Crippen LogP contribution in [0.4, 0.5) is 17.1 Å². The van der Waals surface area contributed by atoms with E-state index in [0.29, 0.717) is 0 Å². The van der Waals surface area contributed by atoms with Crippen molar-refractivity contribution in [3.05, 3.63) is 151 Å². The van der Waals surface area contributed by atoms with Crippen molar-refractivity contribution < 1.29 is 4.74 Å². The Kier molecular flexibility index (Phi) is 5.24. The maximum absolute atomic E-state index is 6.61. The van der Waals surface area contributed by atoms with E-state index in [-0.39, 0.29) is 5.41 Å². The number of hydrogen-bond donors (Lipinski definition) is 0. The lowest BCUT2D eigenvalue weighted by Crippen LogP contribution is -2.77. The molecule has 6 aromatic rings. The van der Waals surface area contributed by atoms with Crippen LogP contribution in [0.15, 0.2) is 149 Å². The number of para-hydroxylation sites is 4. The first kappa shape index (κ1) is 25.0. The molecular formula is C39H29NOSSi. The Balaban J connectivity index is 1.38. The number of hydrogen-bond acceptors (Lipinski definition) is 3. The van der Waals surface area contributed by atoms with E-state index < -0.39 is 8.07 Å². The topological polar surface area (TPSA) is 12.5 Å². The fraction of sp³-hybridized carbons (Fsp3) is 0.0769. The molecule has 206 valence electrons. The molecule has 0 aliphatic carbocycles. The number of nitrogens with zero attached hydrogens (tertiary/aromatic N) is 1. The van der Waals surface area contributed by atoms with Gasteiger partial charge in [0.15, 0.2) is 8.07 Å². The zero-order valence-corrected chi connectivity index (χ0v) is 25.9. The zero-order chi connectivity index (χ0) is 28.8. The van der Waals surface area contributed by atoms with Crippen molar-refractivity contribution >= 4 is 57.6 Å². The highest BCUT2D eigenvalue weighted by Crippen LogP contribution is 2.52. The first-order valence-corrected chi connectivity index (χ1v) is 17.7. The van der Waals surface area contributed by atoms with Crippen molar-refractivity contribution in [2.75, 3.05) is 4.90 Å². The molecule has 6 aromatic carbocycles. The highest BCUT2D eigenvalue weighted by atomic mass is 32.2. The normalized spacial score (nSPS) is 16.1. The fourth-order valence-corrected chi connectivity index (χ4v) is 14.8. The van der Waals surface area contributed by atoms with Crippen LogP contribution in [0.2, 0.25) is 0 Å². The number of fused-ring (bicyclic) bond motifs is 10. The van der Waals surface area contributed by atoms with E-state index in [1.807, 2.05) is 11.8 Å². The van der Waals surface area contributed by atoms with Gasteiger partial charge in [0.2, 0.25) is 0 Å². The van der Waals surface area contributed by atoms with Gasteiger partial charge in [-0.2, -0.15) is 0 Å². The predicted octanol–water partition coefficient (Wildman–Crippen LogP) is 7.74. The molecule has 0 saturated carbocycles. The van der Waals surface area contributed by atoms with E-state index in [1.165, 1.54) is 58.7 Å². The van der Waals surface area contributed by atoms with Crippen molar-refractivity contribution in [3.8, 4) is 11.5 Å². The van der Waals surface area contributed by atoms with Crippen LogP contribution in [-0.2, 0) is 5.41 Å². The predicted molar refractivity (Wildman–Crippen MR) is 181 cm³/mol. The fourth-order valence-electron chi connectivity index (χ4n) is 7.69. The SMILES string of the molecule is CC1(C)c2ccccc2N(c2ccc3c(c2)[Si]2(c4ccccc4Oc4ccccc42)c2ccccc2S3)c2ccccc21. The van der Waals surface area contributed by atoms with Gasteiger partial charge in [0, 0.05) is 20.9 Å². The Hall–Kier alpha value is -4.51. The van der Waals surface area contributed by atoms with Crippen LogP contribution in [0.25, 0.3) is 0 Å². The average molecular weight is 588 g/mol. The molecule has 9 rings (SSSR count). The molecule has 0 fully saturated rings. The average Bonchev–Trinajstić information content (AvgIpc) is 3.05. The number of rotatable bonds is 1. The van der Waals surface area contributed by atoms with Gasteiger partial charge < -0.3 is 9.64 Å². The maximum atomic E-state index is 6.61. The van der Waals surface area contributed by atoms with Crippen molar-refractivity contribution in [2.45, 2.75) is 29.1 Å². The second kappa shape index (κ2) is 8.99. The molecule has 3 heterocycles. The minimum absolute atomic E-state index is 0.0960. The third kappa shape index (κ3) is 3.31. The molecule has 0 atom stereocenters. The number of benzene rings is 6. The molecule has 1 spiro atoms. The van der Waals surface area contributed by atoms with Gasteiger partial charge in [0.25, 0.3) is 0 Å². The summed E-state index contributed by atoms with van der Waals surface area (Å²) in [4.78, 5) is 5.16. The van der Waals surface area contributed by atoms with Crippen molar-refractivity contribution in [1.82, 2.24) is 0 Å². The lowest BCUT2D eigenvalue weighted by Gasteiger charge is -2.45. The van der Waals surface area contributed by atoms with E-state index in [4.69, 9.17) is 4.74 Å². The summed E-state index contributed by atoms with van der Waals surface area (Å²) in [6.45, 7) is 4.69. The van der Waals surface area contributed by atoms with E-state index in [1.54, 1.807) is 0 Å². The summed E-state index contributed by atoms with van der Waals surface area (Å²) in [6.07, 6.45) is 0. The standard InChI is InChI=1S/C39H29NOSSi/c1-39(2)27-13-3-5-15-29(27)40(30-16-6-4-14-28(30)39)26-23-24-34-38(25-26)43(37-22-12-9-19-33(37)42-34)35-20-10-7-17-31(35)41-32-18-8-11-21-36(32)43/h3-25H,1-2H3. The molecule has 0 amide bonds. The van der Waals surface area contributed by atoms with Crippen LogP contribution in [0.5, 0.6) is 11.5 Å². The van der Waals surface area contributed by atoms with Gasteiger partial charge in [-0.15, -0.1) is 0 Å². The van der Waals surface area contributed by atoms with Gasteiger partial charge in [-0.25, -0.2) is 0 Å². The molecule has 0 bridgehead atoms. The summed E-state index contributed by atoms with van der Waals surface area (Å²) in [6, 6.07) is 51.6. The van der Waals surface area contributed by atoms with Gasteiger partial charge >= 0.3 is 0 Å². The number of anilines is 3. The zero-order valence-electron chi connectivity index (χ0n) is 24.0. The molecule has 0 aromatic heterocycles. The van der Waals surface area contributed by atoms with Crippen LogP contribution >= 0.6 is 11.8 Å². The van der Waals surface area contributed by atoms with Crippen molar-refractivity contribution in [2.24, 2.45) is 0 Å². The Morgan fingerprint density at radius 2 is 1.05 bits per heavy atom. The third-order valence-corrected chi connectivity index (χ3v) is 16.0. The van der Waals surface area contributed by atoms with Crippen LogP contribution < -0.4 is 30.4 Å². The Labute approximate surface area is 257 Å². The molecule has 4 heteroatoms.